The molecule has 0 bridgehead atoms. The molecular formula is C15H15BrClNO. The molecule has 0 aliphatic carbocycles. The third-order valence-electron chi connectivity index (χ3n) is 2.62. The van der Waals surface area contributed by atoms with Gasteiger partial charge in [-0.2, -0.15) is 0 Å². The predicted octanol–water partition coefficient (Wildman–Crippen LogP) is 4.78. The Morgan fingerprint density at radius 2 is 1.95 bits per heavy atom. The molecule has 0 saturated carbocycles. The first kappa shape index (κ1) is 14.4. The Hall–Kier alpha value is -1.03. The van der Waals surface area contributed by atoms with Crippen LogP contribution >= 0.6 is 27.5 Å². The molecule has 1 atom stereocenters. The standard InChI is InChI=1S/C15H15BrClNO/c1-10(18)8-11-9-12(17)6-7-14(11)19-15-5-3-2-4-13(15)16/h2-7,9-10H,8,18H2,1H3. The fourth-order valence-corrected chi connectivity index (χ4v) is 2.36. The number of benzene rings is 2. The molecule has 2 aromatic carbocycles. The lowest BCUT2D eigenvalue weighted by atomic mass is 10.1. The summed E-state index contributed by atoms with van der Waals surface area (Å²) in [6.07, 6.45) is 0.723. The number of hydrogen-bond acceptors (Lipinski definition) is 2. The van der Waals surface area contributed by atoms with Crippen LogP contribution < -0.4 is 10.5 Å². The number of para-hydroxylation sites is 1. The molecule has 0 radical (unpaired) electrons. The van der Waals surface area contributed by atoms with Gasteiger partial charge in [0.2, 0.25) is 0 Å². The maximum Gasteiger partial charge on any atom is 0.141 e. The SMILES string of the molecule is CC(N)Cc1cc(Cl)ccc1Oc1ccccc1Br. The molecule has 0 aliphatic heterocycles. The van der Waals surface area contributed by atoms with Gasteiger partial charge in [-0.1, -0.05) is 23.7 Å². The quantitative estimate of drug-likeness (QED) is 0.869. The summed E-state index contributed by atoms with van der Waals surface area (Å²) in [4.78, 5) is 0. The zero-order valence-corrected chi connectivity index (χ0v) is 12.9. The van der Waals surface area contributed by atoms with Gasteiger partial charge in [0.1, 0.15) is 11.5 Å². The van der Waals surface area contributed by atoms with E-state index in [1.54, 1.807) is 0 Å². The predicted molar refractivity (Wildman–Crippen MR) is 83.0 cm³/mol. The molecule has 19 heavy (non-hydrogen) atoms. The van der Waals surface area contributed by atoms with E-state index < -0.39 is 0 Å². The highest BCUT2D eigenvalue weighted by Gasteiger charge is 2.09. The highest BCUT2D eigenvalue weighted by Crippen LogP contribution is 2.32. The first-order chi connectivity index (χ1) is 9.06. The summed E-state index contributed by atoms with van der Waals surface area (Å²) < 4.78 is 6.85. The minimum Gasteiger partial charge on any atom is -0.456 e. The van der Waals surface area contributed by atoms with Crippen molar-refractivity contribution in [2.45, 2.75) is 19.4 Å². The molecular weight excluding hydrogens is 326 g/mol. The van der Waals surface area contributed by atoms with Crippen LogP contribution in [0.5, 0.6) is 11.5 Å². The van der Waals surface area contributed by atoms with Gasteiger partial charge in [0.25, 0.3) is 0 Å². The molecule has 0 heterocycles. The lowest BCUT2D eigenvalue weighted by Gasteiger charge is -2.14. The van der Waals surface area contributed by atoms with Crippen molar-refractivity contribution in [1.82, 2.24) is 0 Å². The Morgan fingerprint density at radius 3 is 2.63 bits per heavy atom. The highest BCUT2D eigenvalue weighted by molar-refractivity contribution is 9.10. The molecule has 0 saturated heterocycles. The van der Waals surface area contributed by atoms with Crippen LogP contribution in [-0.2, 0) is 6.42 Å². The summed E-state index contributed by atoms with van der Waals surface area (Å²) in [5, 5.41) is 0.690. The fraction of sp³-hybridized carbons (Fsp3) is 0.200. The summed E-state index contributed by atoms with van der Waals surface area (Å²) in [6.45, 7) is 1.96. The van der Waals surface area contributed by atoms with Crippen LogP contribution in [-0.4, -0.2) is 6.04 Å². The van der Waals surface area contributed by atoms with Crippen molar-refractivity contribution in [3.8, 4) is 11.5 Å². The Morgan fingerprint density at radius 1 is 1.21 bits per heavy atom. The molecule has 1 unspecified atom stereocenters. The third-order valence-corrected chi connectivity index (χ3v) is 3.51. The molecule has 0 amide bonds. The molecule has 2 nitrogen and oxygen atoms in total. The zero-order chi connectivity index (χ0) is 13.8. The number of nitrogens with two attached hydrogens (primary N) is 1. The van der Waals surface area contributed by atoms with E-state index in [0.717, 1.165) is 28.0 Å². The molecule has 4 heteroatoms. The normalized spacial score (nSPS) is 12.2. The second-order valence-electron chi connectivity index (χ2n) is 4.47. The molecule has 0 aliphatic rings. The van der Waals surface area contributed by atoms with Gasteiger partial charge in [0.15, 0.2) is 0 Å². The minimum atomic E-state index is 0.0556. The number of rotatable bonds is 4. The first-order valence-electron chi connectivity index (χ1n) is 6.02. The molecule has 2 aromatic rings. The Kier molecular flexibility index (Phi) is 4.86. The summed E-state index contributed by atoms with van der Waals surface area (Å²) >= 11 is 9.50. The van der Waals surface area contributed by atoms with E-state index in [1.165, 1.54) is 0 Å². The van der Waals surface area contributed by atoms with Crippen molar-refractivity contribution in [1.29, 1.82) is 0 Å². The van der Waals surface area contributed by atoms with E-state index in [2.05, 4.69) is 15.9 Å². The van der Waals surface area contributed by atoms with Gasteiger partial charge in [-0.25, -0.2) is 0 Å². The van der Waals surface area contributed by atoms with Crippen LogP contribution in [0, 0.1) is 0 Å². The van der Waals surface area contributed by atoms with Crippen molar-refractivity contribution in [2.24, 2.45) is 5.73 Å². The molecule has 0 aromatic heterocycles. The van der Waals surface area contributed by atoms with E-state index in [0.29, 0.717) is 5.02 Å². The lowest BCUT2D eigenvalue weighted by molar-refractivity contribution is 0.471. The van der Waals surface area contributed by atoms with Crippen LogP contribution in [0.15, 0.2) is 46.9 Å². The summed E-state index contributed by atoms with van der Waals surface area (Å²) in [6, 6.07) is 13.4. The first-order valence-corrected chi connectivity index (χ1v) is 7.20. The second-order valence-corrected chi connectivity index (χ2v) is 5.76. The van der Waals surface area contributed by atoms with Crippen LogP contribution in [0.2, 0.25) is 5.02 Å². The topological polar surface area (TPSA) is 35.2 Å². The van der Waals surface area contributed by atoms with E-state index in [4.69, 9.17) is 22.1 Å². The largest absolute Gasteiger partial charge is 0.456 e. The average Bonchev–Trinajstić information content (AvgIpc) is 2.34. The van der Waals surface area contributed by atoms with Gasteiger partial charge >= 0.3 is 0 Å². The third kappa shape index (κ3) is 3.96. The Labute approximate surface area is 126 Å². The molecule has 2 rings (SSSR count). The van der Waals surface area contributed by atoms with Gasteiger partial charge in [-0.05, 0) is 65.2 Å². The van der Waals surface area contributed by atoms with Crippen LogP contribution in [0.4, 0.5) is 0 Å². The zero-order valence-electron chi connectivity index (χ0n) is 10.6. The molecule has 2 N–H and O–H groups in total. The average molecular weight is 341 g/mol. The van der Waals surface area contributed by atoms with Crippen LogP contribution in [0.25, 0.3) is 0 Å². The van der Waals surface area contributed by atoms with Crippen molar-refractivity contribution in [3.63, 3.8) is 0 Å². The molecule has 0 fully saturated rings. The van der Waals surface area contributed by atoms with Gasteiger partial charge < -0.3 is 10.5 Å². The summed E-state index contributed by atoms with van der Waals surface area (Å²) in [7, 11) is 0. The van der Waals surface area contributed by atoms with Crippen molar-refractivity contribution >= 4 is 27.5 Å². The van der Waals surface area contributed by atoms with Gasteiger partial charge in [-0.3, -0.25) is 0 Å². The van der Waals surface area contributed by atoms with E-state index in [-0.39, 0.29) is 6.04 Å². The lowest BCUT2D eigenvalue weighted by Crippen LogP contribution is -2.18. The number of ether oxygens (including phenoxy) is 1. The minimum absolute atomic E-state index is 0.0556. The molecule has 100 valence electrons. The maximum absolute atomic E-state index is 6.03. The van der Waals surface area contributed by atoms with E-state index in [9.17, 15) is 0 Å². The highest BCUT2D eigenvalue weighted by atomic mass is 79.9. The number of halogens is 2. The fourth-order valence-electron chi connectivity index (χ4n) is 1.80. The monoisotopic (exact) mass is 339 g/mol. The van der Waals surface area contributed by atoms with Crippen LogP contribution in [0.3, 0.4) is 0 Å². The second kappa shape index (κ2) is 6.42. The summed E-state index contributed by atoms with van der Waals surface area (Å²) in [5.74, 6) is 1.56. The van der Waals surface area contributed by atoms with Gasteiger partial charge in [0, 0.05) is 11.1 Å². The number of hydrogen-bond donors (Lipinski definition) is 1. The summed E-state index contributed by atoms with van der Waals surface area (Å²) in [5.41, 5.74) is 6.87. The molecule has 0 spiro atoms. The van der Waals surface area contributed by atoms with Crippen LogP contribution in [0.1, 0.15) is 12.5 Å². The van der Waals surface area contributed by atoms with Crippen molar-refractivity contribution in [2.75, 3.05) is 0 Å². The maximum atomic E-state index is 6.03. The van der Waals surface area contributed by atoms with Gasteiger partial charge in [-0.15, -0.1) is 0 Å². The smallest absolute Gasteiger partial charge is 0.141 e. The Balaban J connectivity index is 2.32. The van der Waals surface area contributed by atoms with Gasteiger partial charge in [0.05, 0.1) is 4.47 Å². The van der Waals surface area contributed by atoms with E-state index >= 15 is 0 Å². The van der Waals surface area contributed by atoms with Crippen molar-refractivity contribution in [3.05, 3.63) is 57.5 Å². The van der Waals surface area contributed by atoms with Crippen molar-refractivity contribution < 1.29 is 4.74 Å². The van der Waals surface area contributed by atoms with E-state index in [1.807, 2.05) is 49.4 Å². The Bertz CT molecular complexity index is 572.